The number of hydrogen-bond acceptors (Lipinski definition) is 1. The van der Waals surface area contributed by atoms with Gasteiger partial charge < -0.3 is 4.74 Å². The van der Waals surface area contributed by atoms with Crippen molar-refractivity contribution in [2.75, 3.05) is 11.8 Å². The van der Waals surface area contributed by atoms with Crippen LogP contribution < -0.4 is 4.74 Å². The van der Waals surface area contributed by atoms with Crippen LogP contribution in [0.25, 0.3) is 0 Å². The lowest BCUT2D eigenvalue weighted by Gasteiger charge is -2.24. The highest BCUT2D eigenvalue weighted by molar-refractivity contribution is 6.21. The molecule has 1 rings (SSSR count). The summed E-state index contributed by atoms with van der Waals surface area (Å²) in [6.07, 6.45) is -4.06. The number of rotatable bonds is 5. The number of halogens is 5. The van der Waals surface area contributed by atoms with E-state index in [1.54, 1.807) is 12.1 Å². The first-order valence-corrected chi connectivity index (χ1v) is 6.31. The Morgan fingerprint density at radius 2 is 1.56 bits per heavy atom. The minimum atomic E-state index is -4.66. The Balaban J connectivity index is 2.71. The molecule has 0 saturated carbocycles. The van der Waals surface area contributed by atoms with Gasteiger partial charge in [0, 0.05) is 11.8 Å². The summed E-state index contributed by atoms with van der Waals surface area (Å²) >= 11 is 11.6. The van der Waals surface area contributed by atoms with Crippen molar-refractivity contribution in [1.82, 2.24) is 0 Å². The Labute approximate surface area is 114 Å². The van der Waals surface area contributed by atoms with Gasteiger partial charge >= 0.3 is 6.36 Å². The molecule has 18 heavy (non-hydrogen) atoms. The van der Waals surface area contributed by atoms with Crippen LogP contribution in [0.3, 0.4) is 0 Å². The number of benzene rings is 1. The lowest BCUT2D eigenvalue weighted by molar-refractivity contribution is -0.274. The average molecular weight is 301 g/mol. The van der Waals surface area contributed by atoms with E-state index in [1.807, 2.05) is 6.92 Å². The molecule has 0 aliphatic heterocycles. The minimum Gasteiger partial charge on any atom is -0.406 e. The molecule has 0 unspecified atom stereocenters. The summed E-state index contributed by atoms with van der Waals surface area (Å²) in [5.41, 5.74) is 0.600. The smallest absolute Gasteiger partial charge is 0.406 e. The first-order valence-electron chi connectivity index (χ1n) is 5.25. The molecule has 0 aromatic heterocycles. The van der Waals surface area contributed by atoms with E-state index in [0.717, 1.165) is 5.56 Å². The van der Waals surface area contributed by atoms with Crippen LogP contribution in [-0.2, 0) is 6.42 Å². The van der Waals surface area contributed by atoms with Gasteiger partial charge in [0.2, 0.25) is 0 Å². The van der Waals surface area contributed by atoms with Gasteiger partial charge in [-0.3, -0.25) is 0 Å². The number of alkyl halides is 5. The van der Waals surface area contributed by atoms with Gasteiger partial charge in [0.15, 0.2) is 0 Å². The van der Waals surface area contributed by atoms with Gasteiger partial charge in [-0.25, -0.2) is 0 Å². The Morgan fingerprint density at radius 3 is 1.94 bits per heavy atom. The zero-order chi connectivity index (χ0) is 13.8. The molecule has 0 fully saturated rings. The molecule has 0 aliphatic carbocycles. The van der Waals surface area contributed by atoms with Crippen LogP contribution in [0.2, 0.25) is 0 Å². The number of hydrogen-bond donors (Lipinski definition) is 0. The van der Waals surface area contributed by atoms with Gasteiger partial charge in [0.25, 0.3) is 0 Å². The van der Waals surface area contributed by atoms with Crippen molar-refractivity contribution in [3.8, 4) is 5.75 Å². The molecule has 0 heterocycles. The molecular weight excluding hydrogens is 288 g/mol. The lowest BCUT2D eigenvalue weighted by atomic mass is 9.87. The maximum atomic E-state index is 12.0. The van der Waals surface area contributed by atoms with Crippen molar-refractivity contribution in [1.29, 1.82) is 0 Å². The largest absolute Gasteiger partial charge is 0.573 e. The Bertz CT molecular complexity index is 372. The second-order valence-electron chi connectivity index (χ2n) is 4.45. The molecule has 102 valence electrons. The van der Waals surface area contributed by atoms with Crippen LogP contribution in [0.15, 0.2) is 24.3 Å². The predicted molar refractivity (Wildman–Crippen MR) is 66.4 cm³/mol. The van der Waals surface area contributed by atoms with E-state index in [1.165, 1.54) is 12.1 Å². The van der Waals surface area contributed by atoms with Crippen LogP contribution >= 0.6 is 23.2 Å². The van der Waals surface area contributed by atoms with Crippen LogP contribution in [0.1, 0.15) is 12.5 Å². The van der Waals surface area contributed by atoms with E-state index in [0.29, 0.717) is 18.2 Å². The highest BCUT2D eigenvalue weighted by Crippen LogP contribution is 2.28. The molecule has 0 amide bonds. The third-order valence-electron chi connectivity index (χ3n) is 2.43. The third-order valence-corrected chi connectivity index (χ3v) is 3.72. The fourth-order valence-electron chi connectivity index (χ4n) is 1.43. The fraction of sp³-hybridized carbons (Fsp3) is 0.500. The van der Waals surface area contributed by atoms with Crippen LogP contribution in [0.4, 0.5) is 13.2 Å². The van der Waals surface area contributed by atoms with Crippen LogP contribution in [0, 0.1) is 5.41 Å². The maximum absolute atomic E-state index is 12.0. The van der Waals surface area contributed by atoms with Crippen molar-refractivity contribution in [3.05, 3.63) is 29.8 Å². The van der Waals surface area contributed by atoms with E-state index < -0.39 is 6.36 Å². The van der Waals surface area contributed by atoms with E-state index in [9.17, 15) is 13.2 Å². The predicted octanol–water partition coefficient (Wildman–Crippen LogP) is 4.61. The van der Waals surface area contributed by atoms with E-state index >= 15 is 0 Å². The highest BCUT2D eigenvalue weighted by Gasteiger charge is 2.31. The zero-order valence-electron chi connectivity index (χ0n) is 9.73. The summed E-state index contributed by atoms with van der Waals surface area (Å²) < 4.78 is 39.7. The Kier molecular flexibility index (Phi) is 5.17. The molecule has 0 spiro atoms. The van der Waals surface area contributed by atoms with Gasteiger partial charge in [-0.05, 0) is 29.5 Å². The molecule has 0 bridgehead atoms. The van der Waals surface area contributed by atoms with E-state index in [2.05, 4.69) is 4.74 Å². The van der Waals surface area contributed by atoms with Gasteiger partial charge in [-0.15, -0.1) is 36.4 Å². The van der Waals surface area contributed by atoms with Gasteiger partial charge in [-0.2, -0.15) is 0 Å². The Morgan fingerprint density at radius 1 is 1.06 bits per heavy atom. The summed E-state index contributed by atoms with van der Waals surface area (Å²) in [5.74, 6) is 0.541. The lowest BCUT2D eigenvalue weighted by Crippen LogP contribution is -2.23. The molecule has 0 aliphatic rings. The quantitative estimate of drug-likeness (QED) is 0.722. The summed E-state index contributed by atoms with van der Waals surface area (Å²) in [4.78, 5) is 0. The third kappa shape index (κ3) is 4.94. The summed E-state index contributed by atoms with van der Waals surface area (Å²) in [6.45, 7) is 1.92. The van der Waals surface area contributed by atoms with Crippen LogP contribution in [0.5, 0.6) is 5.75 Å². The summed E-state index contributed by atoms with van der Waals surface area (Å²) in [7, 11) is 0. The topological polar surface area (TPSA) is 9.23 Å². The molecule has 6 heteroatoms. The van der Waals surface area contributed by atoms with Gasteiger partial charge in [0.1, 0.15) is 5.75 Å². The van der Waals surface area contributed by atoms with Gasteiger partial charge in [0.05, 0.1) is 0 Å². The second kappa shape index (κ2) is 6.02. The van der Waals surface area contributed by atoms with E-state index in [-0.39, 0.29) is 11.2 Å². The van der Waals surface area contributed by atoms with Crippen molar-refractivity contribution < 1.29 is 17.9 Å². The maximum Gasteiger partial charge on any atom is 0.573 e. The van der Waals surface area contributed by atoms with Crippen LogP contribution in [-0.4, -0.2) is 18.1 Å². The molecule has 0 N–H and O–H groups in total. The average Bonchev–Trinajstić information content (AvgIpc) is 2.30. The zero-order valence-corrected chi connectivity index (χ0v) is 11.2. The fourth-order valence-corrected chi connectivity index (χ4v) is 1.91. The summed E-state index contributed by atoms with van der Waals surface area (Å²) in [5, 5.41) is 0. The first kappa shape index (κ1) is 15.4. The SMILES string of the molecule is CC(CCl)(CCl)Cc1ccc(OC(F)(F)F)cc1. The van der Waals surface area contributed by atoms with Crippen molar-refractivity contribution in [2.24, 2.45) is 5.41 Å². The standard InChI is InChI=1S/C12H13Cl2F3O/c1-11(7-13,8-14)6-9-2-4-10(5-3-9)18-12(15,16)17/h2-5H,6-8H2,1H3. The van der Waals surface area contributed by atoms with E-state index in [4.69, 9.17) is 23.2 Å². The number of ether oxygens (including phenoxy) is 1. The first-order chi connectivity index (χ1) is 8.28. The molecular formula is C12H13Cl2F3O. The molecule has 0 atom stereocenters. The molecule has 0 radical (unpaired) electrons. The highest BCUT2D eigenvalue weighted by atomic mass is 35.5. The second-order valence-corrected chi connectivity index (χ2v) is 4.98. The monoisotopic (exact) mass is 300 g/mol. The molecule has 1 nitrogen and oxygen atoms in total. The Hall–Kier alpha value is -0.610. The van der Waals surface area contributed by atoms with Crippen molar-refractivity contribution in [3.63, 3.8) is 0 Å². The minimum absolute atomic E-state index is 0.232. The summed E-state index contributed by atoms with van der Waals surface area (Å²) in [6, 6.07) is 5.73. The van der Waals surface area contributed by atoms with Crippen molar-refractivity contribution >= 4 is 23.2 Å². The molecule has 1 aromatic rings. The van der Waals surface area contributed by atoms with Crippen molar-refractivity contribution in [2.45, 2.75) is 19.7 Å². The molecule has 1 aromatic carbocycles. The molecule has 0 saturated heterocycles. The normalized spacial score (nSPS) is 12.6. The van der Waals surface area contributed by atoms with Gasteiger partial charge in [-0.1, -0.05) is 19.1 Å².